The Morgan fingerprint density at radius 2 is 2.25 bits per heavy atom. The number of benzene rings is 1. The molecule has 0 aromatic heterocycles. The molecule has 16 heavy (non-hydrogen) atoms. The third-order valence-electron chi connectivity index (χ3n) is 2.24. The van der Waals surface area contributed by atoms with Gasteiger partial charge in [-0.15, -0.1) is 0 Å². The lowest BCUT2D eigenvalue weighted by Gasteiger charge is -2.09. The van der Waals surface area contributed by atoms with E-state index in [0.29, 0.717) is 29.8 Å². The average molecular weight is 245 g/mol. The highest BCUT2D eigenvalue weighted by Gasteiger charge is 2.07. The molecule has 5 heteroatoms. The minimum absolute atomic E-state index is 0.164. The van der Waals surface area contributed by atoms with Crippen molar-refractivity contribution in [2.45, 2.75) is 19.3 Å². The van der Waals surface area contributed by atoms with Crippen LogP contribution >= 0.6 is 11.6 Å². The molecule has 3 nitrogen and oxygen atoms in total. The van der Waals surface area contributed by atoms with E-state index in [1.165, 1.54) is 19.2 Å². The standard InChI is InChI=1S/C11H14ClFN2O/c1-15(14)11(16)4-2-3-8-7-9(12)5-6-10(8)13/h5-7H,2-4,14H2,1H3. The van der Waals surface area contributed by atoms with Crippen molar-refractivity contribution in [3.63, 3.8) is 0 Å². The molecule has 1 aromatic carbocycles. The van der Waals surface area contributed by atoms with Crippen molar-refractivity contribution in [2.75, 3.05) is 7.05 Å². The molecule has 0 fully saturated rings. The summed E-state index contributed by atoms with van der Waals surface area (Å²) in [7, 11) is 1.49. The molecule has 0 aliphatic rings. The van der Waals surface area contributed by atoms with E-state index >= 15 is 0 Å². The molecule has 0 unspecified atom stereocenters. The normalized spacial score (nSPS) is 10.2. The van der Waals surface area contributed by atoms with Crippen LogP contribution in [0, 0.1) is 5.82 Å². The number of hydrogen-bond donors (Lipinski definition) is 1. The zero-order chi connectivity index (χ0) is 12.1. The van der Waals surface area contributed by atoms with Gasteiger partial charge in [0.25, 0.3) is 0 Å². The summed E-state index contributed by atoms with van der Waals surface area (Å²) in [5, 5.41) is 1.53. The van der Waals surface area contributed by atoms with Crippen LogP contribution in [0.4, 0.5) is 4.39 Å². The van der Waals surface area contributed by atoms with Gasteiger partial charge in [0.1, 0.15) is 5.82 Å². The number of carbonyl (C=O) groups excluding carboxylic acids is 1. The molecule has 1 aromatic rings. The van der Waals surface area contributed by atoms with Crippen LogP contribution in [-0.2, 0) is 11.2 Å². The molecule has 0 bridgehead atoms. The molecule has 1 rings (SSSR count). The van der Waals surface area contributed by atoms with Gasteiger partial charge >= 0.3 is 0 Å². The molecular weight excluding hydrogens is 231 g/mol. The minimum atomic E-state index is -0.294. The maximum atomic E-state index is 13.3. The van der Waals surface area contributed by atoms with Crippen LogP contribution in [0.3, 0.4) is 0 Å². The summed E-state index contributed by atoms with van der Waals surface area (Å²) in [6, 6.07) is 4.40. The number of nitrogens with zero attached hydrogens (tertiary/aromatic N) is 1. The Morgan fingerprint density at radius 3 is 2.88 bits per heavy atom. The first-order chi connectivity index (χ1) is 7.50. The molecular formula is C11H14ClFN2O. The molecule has 0 heterocycles. The van der Waals surface area contributed by atoms with Gasteiger partial charge in [0.05, 0.1) is 0 Å². The van der Waals surface area contributed by atoms with Gasteiger partial charge in [-0.1, -0.05) is 11.6 Å². The first kappa shape index (κ1) is 12.9. The number of carbonyl (C=O) groups is 1. The van der Waals surface area contributed by atoms with E-state index in [2.05, 4.69) is 0 Å². The third-order valence-corrected chi connectivity index (χ3v) is 2.47. The highest BCUT2D eigenvalue weighted by Crippen LogP contribution is 2.16. The number of hydrogen-bond acceptors (Lipinski definition) is 2. The molecule has 88 valence electrons. The van der Waals surface area contributed by atoms with Crippen LogP contribution in [0.2, 0.25) is 5.02 Å². The Morgan fingerprint density at radius 1 is 1.56 bits per heavy atom. The Hall–Kier alpha value is -1.13. The van der Waals surface area contributed by atoms with E-state index in [9.17, 15) is 9.18 Å². The van der Waals surface area contributed by atoms with E-state index in [-0.39, 0.29) is 11.7 Å². The van der Waals surface area contributed by atoms with Crippen LogP contribution in [0.25, 0.3) is 0 Å². The second kappa shape index (κ2) is 5.82. The molecule has 2 N–H and O–H groups in total. The summed E-state index contributed by atoms with van der Waals surface area (Å²) in [5.41, 5.74) is 0.528. The number of nitrogens with two attached hydrogens (primary N) is 1. The van der Waals surface area contributed by atoms with Crippen molar-refractivity contribution in [2.24, 2.45) is 5.84 Å². The summed E-state index contributed by atoms with van der Waals surface area (Å²) in [6.45, 7) is 0. The van der Waals surface area contributed by atoms with Crippen molar-refractivity contribution in [3.8, 4) is 0 Å². The minimum Gasteiger partial charge on any atom is -0.284 e. The quantitative estimate of drug-likeness (QED) is 0.501. The second-order valence-corrected chi connectivity index (χ2v) is 4.03. The summed E-state index contributed by atoms with van der Waals surface area (Å²) < 4.78 is 13.3. The second-order valence-electron chi connectivity index (χ2n) is 3.59. The van der Waals surface area contributed by atoms with Gasteiger partial charge in [0.15, 0.2) is 0 Å². The van der Waals surface area contributed by atoms with Crippen molar-refractivity contribution < 1.29 is 9.18 Å². The first-order valence-corrected chi connectivity index (χ1v) is 5.33. The molecule has 0 atom stereocenters. The Bertz CT molecular complexity index is 382. The average Bonchev–Trinajstić information content (AvgIpc) is 2.22. The van der Waals surface area contributed by atoms with Crippen LogP contribution in [0.5, 0.6) is 0 Å². The van der Waals surface area contributed by atoms with Gasteiger partial charge in [-0.2, -0.15) is 0 Å². The maximum absolute atomic E-state index is 13.3. The van der Waals surface area contributed by atoms with Gasteiger partial charge in [-0.05, 0) is 36.6 Å². The lowest BCUT2D eigenvalue weighted by atomic mass is 10.1. The van der Waals surface area contributed by atoms with Gasteiger partial charge in [-0.3, -0.25) is 9.80 Å². The highest BCUT2D eigenvalue weighted by molar-refractivity contribution is 6.30. The van der Waals surface area contributed by atoms with Crippen LogP contribution < -0.4 is 5.84 Å². The van der Waals surface area contributed by atoms with Crippen molar-refractivity contribution >= 4 is 17.5 Å². The van der Waals surface area contributed by atoms with E-state index < -0.39 is 0 Å². The number of hydrazine groups is 1. The van der Waals surface area contributed by atoms with Crippen LogP contribution in [0.1, 0.15) is 18.4 Å². The fourth-order valence-electron chi connectivity index (χ4n) is 1.34. The van der Waals surface area contributed by atoms with Crippen LogP contribution in [-0.4, -0.2) is 18.0 Å². The summed E-state index contributed by atoms with van der Waals surface area (Å²) in [5.74, 6) is 4.80. The maximum Gasteiger partial charge on any atom is 0.236 e. The number of rotatable bonds is 4. The molecule has 0 radical (unpaired) electrons. The SMILES string of the molecule is CN(N)C(=O)CCCc1cc(Cl)ccc1F. The number of aryl methyl sites for hydroxylation is 1. The smallest absolute Gasteiger partial charge is 0.236 e. The van der Waals surface area contributed by atoms with Crippen molar-refractivity contribution in [1.82, 2.24) is 5.01 Å². The summed E-state index contributed by atoms with van der Waals surface area (Å²) in [6.07, 6.45) is 1.34. The fraction of sp³-hybridized carbons (Fsp3) is 0.364. The van der Waals surface area contributed by atoms with Crippen molar-refractivity contribution in [1.29, 1.82) is 0 Å². The fourth-order valence-corrected chi connectivity index (χ4v) is 1.54. The summed E-state index contributed by atoms with van der Waals surface area (Å²) >= 11 is 5.75. The lowest BCUT2D eigenvalue weighted by Crippen LogP contribution is -2.32. The Kier molecular flexibility index (Phi) is 4.71. The lowest BCUT2D eigenvalue weighted by molar-refractivity contribution is -0.130. The molecule has 0 saturated heterocycles. The Balaban J connectivity index is 2.49. The zero-order valence-corrected chi connectivity index (χ0v) is 9.80. The molecule has 0 saturated carbocycles. The van der Waals surface area contributed by atoms with Gasteiger partial charge < -0.3 is 0 Å². The predicted octanol–water partition coefficient (Wildman–Crippen LogP) is 2.13. The number of halogens is 2. The largest absolute Gasteiger partial charge is 0.284 e. The van der Waals surface area contributed by atoms with Gasteiger partial charge in [0.2, 0.25) is 5.91 Å². The van der Waals surface area contributed by atoms with E-state index in [1.54, 1.807) is 6.07 Å². The van der Waals surface area contributed by atoms with E-state index in [4.69, 9.17) is 17.4 Å². The predicted molar refractivity (Wildman–Crippen MR) is 61.3 cm³/mol. The van der Waals surface area contributed by atoms with E-state index in [1.807, 2.05) is 0 Å². The molecule has 0 aliphatic heterocycles. The first-order valence-electron chi connectivity index (χ1n) is 4.96. The zero-order valence-electron chi connectivity index (χ0n) is 9.04. The van der Waals surface area contributed by atoms with Crippen LogP contribution in [0.15, 0.2) is 18.2 Å². The molecule has 0 aliphatic carbocycles. The highest BCUT2D eigenvalue weighted by atomic mass is 35.5. The monoisotopic (exact) mass is 244 g/mol. The van der Waals surface area contributed by atoms with Crippen molar-refractivity contribution in [3.05, 3.63) is 34.6 Å². The molecule has 1 amide bonds. The Labute approximate surface area is 99.0 Å². The topological polar surface area (TPSA) is 46.3 Å². The van der Waals surface area contributed by atoms with E-state index in [0.717, 1.165) is 5.01 Å². The number of amides is 1. The summed E-state index contributed by atoms with van der Waals surface area (Å²) in [4.78, 5) is 11.2. The van der Waals surface area contributed by atoms with Gasteiger partial charge in [-0.25, -0.2) is 10.2 Å². The third kappa shape index (κ3) is 3.79. The van der Waals surface area contributed by atoms with Gasteiger partial charge in [0, 0.05) is 18.5 Å². The molecule has 0 spiro atoms.